The predicted octanol–water partition coefficient (Wildman–Crippen LogP) is 1.04. The molecule has 2 amide bonds. The average molecular weight is 290 g/mol. The summed E-state index contributed by atoms with van der Waals surface area (Å²) in [6.07, 6.45) is 1.85. The smallest absolute Gasteiger partial charge is 0.251 e. The van der Waals surface area contributed by atoms with Crippen LogP contribution in [0.2, 0.25) is 0 Å². The van der Waals surface area contributed by atoms with Crippen molar-refractivity contribution >= 4 is 11.8 Å². The molecule has 5 nitrogen and oxygen atoms in total. The Balaban J connectivity index is 1.92. The Labute approximate surface area is 125 Å². The zero-order chi connectivity index (χ0) is 15.2. The highest BCUT2D eigenvalue weighted by Crippen LogP contribution is 2.16. The van der Waals surface area contributed by atoms with E-state index in [1.807, 2.05) is 6.07 Å². The Morgan fingerprint density at radius 1 is 1.38 bits per heavy atom. The largest absolute Gasteiger partial charge is 0.396 e. The van der Waals surface area contributed by atoms with Crippen LogP contribution in [0.5, 0.6) is 0 Å². The number of carbonyl (C=O) groups is 2. The van der Waals surface area contributed by atoms with Gasteiger partial charge in [-0.1, -0.05) is 18.2 Å². The maximum absolute atomic E-state index is 12.4. The quantitative estimate of drug-likeness (QED) is 0.870. The lowest BCUT2D eigenvalue weighted by molar-refractivity contribution is -0.134. The summed E-state index contributed by atoms with van der Waals surface area (Å²) in [7, 11) is 0. The van der Waals surface area contributed by atoms with Crippen LogP contribution in [0.25, 0.3) is 0 Å². The molecule has 1 aliphatic heterocycles. The minimum atomic E-state index is -0.560. The van der Waals surface area contributed by atoms with Gasteiger partial charge in [-0.05, 0) is 37.8 Å². The highest BCUT2D eigenvalue weighted by atomic mass is 16.3. The summed E-state index contributed by atoms with van der Waals surface area (Å²) < 4.78 is 0. The van der Waals surface area contributed by atoms with Crippen molar-refractivity contribution in [2.45, 2.75) is 25.8 Å². The first-order chi connectivity index (χ1) is 10.1. The van der Waals surface area contributed by atoms with Crippen molar-refractivity contribution in [1.82, 2.24) is 10.2 Å². The Morgan fingerprint density at radius 3 is 2.76 bits per heavy atom. The number of benzene rings is 1. The summed E-state index contributed by atoms with van der Waals surface area (Å²) in [4.78, 5) is 26.1. The summed E-state index contributed by atoms with van der Waals surface area (Å²) in [5.74, 6) is -0.177. The number of aliphatic hydroxyl groups is 1. The van der Waals surface area contributed by atoms with E-state index in [-0.39, 0.29) is 24.3 Å². The van der Waals surface area contributed by atoms with Gasteiger partial charge in [0.15, 0.2) is 0 Å². The molecular formula is C16H22N2O3. The molecule has 5 heteroatoms. The molecule has 0 radical (unpaired) electrons. The molecule has 21 heavy (non-hydrogen) atoms. The second-order valence-corrected chi connectivity index (χ2v) is 5.54. The predicted molar refractivity (Wildman–Crippen MR) is 79.8 cm³/mol. The average Bonchev–Trinajstić information content (AvgIpc) is 2.54. The van der Waals surface area contributed by atoms with Crippen LogP contribution < -0.4 is 5.32 Å². The number of piperidine rings is 1. The number of nitrogens with zero attached hydrogens (tertiary/aromatic N) is 1. The normalized spacial score (nSPS) is 19.9. The van der Waals surface area contributed by atoms with E-state index in [4.69, 9.17) is 0 Å². The molecule has 1 aliphatic rings. The molecule has 0 aromatic heterocycles. The van der Waals surface area contributed by atoms with E-state index in [0.29, 0.717) is 18.7 Å². The van der Waals surface area contributed by atoms with Gasteiger partial charge in [-0.2, -0.15) is 0 Å². The lowest BCUT2D eigenvalue weighted by atomic mass is 9.98. The molecule has 2 atom stereocenters. The zero-order valence-corrected chi connectivity index (χ0v) is 12.3. The molecule has 114 valence electrons. The summed E-state index contributed by atoms with van der Waals surface area (Å²) in [5.41, 5.74) is 0.545. The van der Waals surface area contributed by atoms with Gasteiger partial charge in [0, 0.05) is 25.3 Å². The third kappa shape index (κ3) is 4.04. The summed E-state index contributed by atoms with van der Waals surface area (Å²) >= 11 is 0. The molecule has 1 fully saturated rings. The second-order valence-electron chi connectivity index (χ2n) is 5.54. The molecule has 0 bridgehead atoms. The number of amides is 2. The molecule has 1 aromatic carbocycles. The molecule has 1 aromatic rings. The van der Waals surface area contributed by atoms with Crippen molar-refractivity contribution in [2.75, 3.05) is 19.7 Å². The van der Waals surface area contributed by atoms with E-state index in [1.54, 1.807) is 36.1 Å². The Morgan fingerprint density at radius 2 is 2.10 bits per heavy atom. The number of rotatable bonds is 4. The minimum Gasteiger partial charge on any atom is -0.396 e. The van der Waals surface area contributed by atoms with Crippen LogP contribution in [-0.2, 0) is 4.79 Å². The highest BCUT2D eigenvalue weighted by molar-refractivity contribution is 5.97. The van der Waals surface area contributed by atoms with E-state index >= 15 is 0 Å². The van der Waals surface area contributed by atoms with Crippen LogP contribution in [0.15, 0.2) is 30.3 Å². The number of aliphatic hydroxyl groups excluding tert-OH is 1. The number of likely N-dealkylation sites (tertiary alicyclic amines) is 1. The lowest BCUT2D eigenvalue weighted by Crippen LogP contribution is -2.50. The first kappa shape index (κ1) is 15.5. The van der Waals surface area contributed by atoms with Gasteiger partial charge in [0.1, 0.15) is 6.04 Å². The number of carbonyl (C=O) groups excluding carboxylic acids is 2. The van der Waals surface area contributed by atoms with Gasteiger partial charge in [0.05, 0.1) is 0 Å². The summed E-state index contributed by atoms with van der Waals surface area (Å²) in [5, 5.41) is 11.9. The number of hydrogen-bond donors (Lipinski definition) is 2. The maximum Gasteiger partial charge on any atom is 0.251 e. The van der Waals surface area contributed by atoms with Gasteiger partial charge in [0.2, 0.25) is 5.91 Å². The van der Waals surface area contributed by atoms with Crippen LogP contribution in [0.4, 0.5) is 0 Å². The third-order valence-electron chi connectivity index (χ3n) is 3.84. The van der Waals surface area contributed by atoms with E-state index in [1.165, 1.54) is 0 Å². The molecule has 0 spiro atoms. The molecule has 0 aliphatic carbocycles. The Kier molecular flexibility index (Phi) is 5.33. The standard InChI is InChI=1S/C16H22N2O3/c1-12(17-15(20)14-7-3-2-4-8-14)16(21)18-9-5-6-13(10-18)11-19/h2-4,7-8,12-13,19H,5-6,9-11H2,1H3,(H,17,20). The first-order valence-electron chi connectivity index (χ1n) is 7.37. The van der Waals surface area contributed by atoms with E-state index in [2.05, 4.69) is 5.32 Å². The molecular weight excluding hydrogens is 268 g/mol. The topological polar surface area (TPSA) is 69.6 Å². The fourth-order valence-corrected chi connectivity index (χ4v) is 2.62. The third-order valence-corrected chi connectivity index (χ3v) is 3.84. The van der Waals surface area contributed by atoms with Gasteiger partial charge in [0.25, 0.3) is 5.91 Å². The molecule has 2 N–H and O–H groups in total. The van der Waals surface area contributed by atoms with Crippen molar-refractivity contribution in [3.8, 4) is 0 Å². The summed E-state index contributed by atoms with van der Waals surface area (Å²) in [6.45, 7) is 3.07. The maximum atomic E-state index is 12.4. The molecule has 2 rings (SSSR count). The van der Waals surface area contributed by atoms with Gasteiger partial charge in [-0.25, -0.2) is 0 Å². The first-order valence-corrected chi connectivity index (χ1v) is 7.37. The van der Waals surface area contributed by atoms with Gasteiger partial charge >= 0.3 is 0 Å². The fraction of sp³-hybridized carbons (Fsp3) is 0.500. The van der Waals surface area contributed by atoms with Crippen LogP contribution in [-0.4, -0.2) is 47.6 Å². The summed E-state index contributed by atoms with van der Waals surface area (Å²) in [6, 6.07) is 8.30. The molecule has 2 unspecified atom stereocenters. The monoisotopic (exact) mass is 290 g/mol. The Hall–Kier alpha value is -1.88. The van der Waals surface area contributed by atoms with Crippen LogP contribution >= 0.6 is 0 Å². The van der Waals surface area contributed by atoms with Crippen LogP contribution in [0.1, 0.15) is 30.1 Å². The van der Waals surface area contributed by atoms with Gasteiger partial charge in [-0.3, -0.25) is 9.59 Å². The zero-order valence-electron chi connectivity index (χ0n) is 12.3. The number of hydrogen-bond acceptors (Lipinski definition) is 3. The highest BCUT2D eigenvalue weighted by Gasteiger charge is 2.27. The molecule has 1 heterocycles. The van der Waals surface area contributed by atoms with E-state index in [0.717, 1.165) is 12.8 Å². The van der Waals surface area contributed by atoms with Crippen molar-refractivity contribution in [3.05, 3.63) is 35.9 Å². The minimum absolute atomic E-state index is 0.0857. The van der Waals surface area contributed by atoms with Crippen LogP contribution in [0, 0.1) is 5.92 Å². The second kappa shape index (κ2) is 7.22. The molecule has 1 saturated heterocycles. The lowest BCUT2D eigenvalue weighted by Gasteiger charge is -2.33. The number of nitrogens with one attached hydrogen (secondary N) is 1. The van der Waals surface area contributed by atoms with Gasteiger partial charge < -0.3 is 15.3 Å². The van der Waals surface area contributed by atoms with Crippen molar-refractivity contribution in [1.29, 1.82) is 0 Å². The molecule has 0 saturated carbocycles. The fourth-order valence-electron chi connectivity index (χ4n) is 2.62. The SMILES string of the molecule is CC(NC(=O)c1ccccc1)C(=O)N1CCCC(CO)C1. The van der Waals surface area contributed by atoms with Crippen molar-refractivity contribution < 1.29 is 14.7 Å². The van der Waals surface area contributed by atoms with Crippen molar-refractivity contribution in [2.24, 2.45) is 5.92 Å². The van der Waals surface area contributed by atoms with Gasteiger partial charge in [-0.15, -0.1) is 0 Å². The van der Waals surface area contributed by atoms with E-state index in [9.17, 15) is 14.7 Å². The van der Waals surface area contributed by atoms with Crippen LogP contribution in [0.3, 0.4) is 0 Å². The van der Waals surface area contributed by atoms with E-state index < -0.39 is 6.04 Å². The Bertz CT molecular complexity index is 490. The van der Waals surface area contributed by atoms with Crippen molar-refractivity contribution in [3.63, 3.8) is 0 Å².